The lowest BCUT2D eigenvalue weighted by Crippen LogP contribution is -2.36. The second-order valence-electron chi connectivity index (χ2n) is 4.73. The first-order valence-electron chi connectivity index (χ1n) is 5.97. The largest absolute Gasteiger partial charge is 0.396 e. The highest BCUT2D eigenvalue weighted by molar-refractivity contribution is 4.78. The number of aliphatic hydroxyl groups is 6. The van der Waals surface area contributed by atoms with Crippen molar-refractivity contribution in [2.24, 2.45) is 11.3 Å². The highest BCUT2D eigenvalue weighted by Crippen LogP contribution is 2.24. The van der Waals surface area contributed by atoms with E-state index in [1.807, 2.05) is 27.7 Å². The van der Waals surface area contributed by atoms with Crippen LogP contribution < -0.4 is 0 Å². The standard InChI is InChI=1S/C8H18O2.2C2H6O2/c1-6(2)7(10)8(3,4)5-9;2*3-1-2-4/h6-7,9-10H,5H2,1-4H3;2*3-4H,1-2H2. The van der Waals surface area contributed by atoms with Crippen LogP contribution in [-0.2, 0) is 0 Å². The molecule has 0 aromatic rings. The average Bonchev–Trinajstić information content (AvgIpc) is 2.38. The van der Waals surface area contributed by atoms with Crippen molar-refractivity contribution in [3.05, 3.63) is 0 Å². The lowest BCUT2D eigenvalue weighted by molar-refractivity contribution is -0.0204. The molecule has 1 atom stereocenters. The van der Waals surface area contributed by atoms with Crippen LogP contribution in [0.3, 0.4) is 0 Å². The third-order valence-corrected chi connectivity index (χ3v) is 2.04. The van der Waals surface area contributed by atoms with E-state index in [0.29, 0.717) is 0 Å². The van der Waals surface area contributed by atoms with Gasteiger partial charge in [-0.05, 0) is 5.92 Å². The van der Waals surface area contributed by atoms with E-state index in [-0.39, 0.29) is 44.4 Å². The van der Waals surface area contributed by atoms with Crippen LogP contribution in [-0.4, -0.2) is 69.8 Å². The van der Waals surface area contributed by atoms with Gasteiger partial charge in [0.05, 0.1) is 39.1 Å². The van der Waals surface area contributed by atoms with Gasteiger partial charge in [-0.15, -0.1) is 0 Å². The Morgan fingerprint density at radius 3 is 1.11 bits per heavy atom. The fourth-order valence-electron chi connectivity index (χ4n) is 0.996. The van der Waals surface area contributed by atoms with E-state index in [0.717, 1.165) is 0 Å². The third kappa shape index (κ3) is 15.8. The fourth-order valence-corrected chi connectivity index (χ4v) is 0.996. The van der Waals surface area contributed by atoms with E-state index in [9.17, 15) is 5.11 Å². The summed E-state index contributed by atoms with van der Waals surface area (Å²) < 4.78 is 0. The second-order valence-corrected chi connectivity index (χ2v) is 4.73. The van der Waals surface area contributed by atoms with Crippen molar-refractivity contribution < 1.29 is 30.6 Å². The van der Waals surface area contributed by atoms with Crippen LogP contribution in [0.15, 0.2) is 0 Å². The van der Waals surface area contributed by atoms with Gasteiger partial charge in [0.2, 0.25) is 0 Å². The quantitative estimate of drug-likeness (QED) is 0.380. The van der Waals surface area contributed by atoms with E-state index >= 15 is 0 Å². The minimum absolute atomic E-state index is 0.0341. The molecule has 0 aromatic carbocycles. The molecule has 0 aromatic heterocycles. The predicted molar refractivity (Wildman–Crippen MR) is 70.1 cm³/mol. The van der Waals surface area contributed by atoms with Crippen LogP contribution in [0.2, 0.25) is 0 Å². The van der Waals surface area contributed by atoms with Crippen molar-refractivity contribution in [2.45, 2.75) is 33.8 Å². The Bertz CT molecular complexity index is 142. The van der Waals surface area contributed by atoms with Gasteiger partial charge in [-0.25, -0.2) is 0 Å². The molecule has 0 aliphatic carbocycles. The molecule has 1 unspecified atom stereocenters. The monoisotopic (exact) mass is 270 g/mol. The van der Waals surface area contributed by atoms with Gasteiger partial charge < -0.3 is 30.6 Å². The van der Waals surface area contributed by atoms with Crippen LogP contribution in [0.5, 0.6) is 0 Å². The molecule has 0 fully saturated rings. The summed E-state index contributed by atoms with van der Waals surface area (Å²) in [5.74, 6) is 0.210. The molecule has 0 radical (unpaired) electrons. The zero-order valence-corrected chi connectivity index (χ0v) is 11.9. The number of hydrogen-bond acceptors (Lipinski definition) is 6. The zero-order valence-electron chi connectivity index (χ0n) is 11.9. The molecule has 114 valence electrons. The van der Waals surface area contributed by atoms with Gasteiger partial charge in [-0.2, -0.15) is 0 Å². The summed E-state index contributed by atoms with van der Waals surface area (Å²) in [6, 6.07) is 0. The van der Waals surface area contributed by atoms with Gasteiger partial charge in [0.25, 0.3) is 0 Å². The summed E-state index contributed by atoms with van der Waals surface area (Å²) in [6.07, 6.45) is -0.419. The van der Waals surface area contributed by atoms with E-state index in [1.165, 1.54) is 0 Å². The number of hydrogen-bond donors (Lipinski definition) is 6. The van der Waals surface area contributed by atoms with Gasteiger partial charge in [0, 0.05) is 5.41 Å². The second kappa shape index (κ2) is 14.8. The highest BCUT2D eigenvalue weighted by atomic mass is 16.3. The molecule has 0 saturated carbocycles. The Kier molecular flexibility index (Phi) is 18.9. The number of rotatable bonds is 5. The van der Waals surface area contributed by atoms with E-state index in [1.54, 1.807) is 0 Å². The molecule has 18 heavy (non-hydrogen) atoms. The van der Waals surface area contributed by atoms with Crippen molar-refractivity contribution >= 4 is 0 Å². The van der Waals surface area contributed by atoms with Gasteiger partial charge in [-0.1, -0.05) is 27.7 Å². The molecular formula is C12H30O6. The molecular weight excluding hydrogens is 240 g/mol. The first-order chi connectivity index (χ1) is 8.24. The summed E-state index contributed by atoms with van der Waals surface area (Å²) in [6.45, 7) is 7.14. The van der Waals surface area contributed by atoms with E-state index in [4.69, 9.17) is 25.5 Å². The molecule has 0 aliphatic rings. The summed E-state index contributed by atoms with van der Waals surface area (Å²) in [7, 11) is 0. The van der Waals surface area contributed by atoms with E-state index < -0.39 is 6.10 Å². The fraction of sp³-hybridized carbons (Fsp3) is 1.00. The van der Waals surface area contributed by atoms with E-state index in [2.05, 4.69) is 0 Å². The minimum atomic E-state index is -0.419. The maximum atomic E-state index is 9.49. The SMILES string of the molecule is CC(C)C(O)C(C)(C)CO.OCCO.OCCO. The Morgan fingerprint density at radius 2 is 1.06 bits per heavy atom. The number of aliphatic hydroxyl groups excluding tert-OH is 6. The minimum Gasteiger partial charge on any atom is -0.396 e. The first kappa shape index (κ1) is 22.9. The predicted octanol–water partition coefficient (Wildman–Crippen LogP) is -1.04. The highest BCUT2D eigenvalue weighted by Gasteiger charge is 2.28. The summed E-state index contributed by atoms with van der Waals surface area (Å²) in [4.78, 5) is 0. The maximum absolute atomic E-state index is 9.49. The Labute approximate surface area is 110 Å². The van der Waals surface area contributed by atoms with Crippen LogP contribution in [0, 0.1) is 11.3 Å². The molecule has 0 aliphatic heterocycles. The van der Waals surface area contributed by atoms with Crippen LogP contribution in [0.1, 0.15) is 27.7 Å². The smallest absolute Gasteiger partial charge is 0.0662 e. The Morgan fingerprint density at radius 1 is 0.778 bits per heavy atom. The normalized spacial score (nSPS) is 12.2. The van der Waals surface area contributed by atoms with Crippen molar-refractivity contribution in [3.8, 4) is 0 Å². The van der Waals surface area contributed by atoms with Crippen LogP contribution in [0.4, 0.5) is 0 Å². The molecule has 0 bridgehead atoms. The lowest BCUT2D eigenvalue weighted by atomic mass is 9.82. The zero-order chi connectivity index (χ0) is 15.2. The molecule has 6 N–H and O–H groups in total. The molecule has 6 nitrogen and oxygen atoms in total. The molecule has 0 heterocycles. The Balaban J connectivity index is -0.000000233. The molecule has 0 rings (SSSR count). The maximum Gasteiger partial charge on any atom is 0.0662 e. The van der Waals surface area contributed by atoms with Gasteiger partial charge in [0.15, 0.2) is 0 Å². The average molecular weight is 270 g/mol. The molecule has 0 saturated heterocycles. The first-order valence-corrected chi connectivity index (χ1v) is 5.97. The van der Waals surface area contributed by atoms with Crippen molar-refractivity contribution in [1.82, 2.24) is 0 Å². The molecule has 0 spiro atoms. The van der Waals surface area contributed by atoms with Crippen molar-refractivity contribution in [2.75, 3.05) is 33.0 Å². The van der Waals surface area contributed by atoms with Gasteiger partial charge in [0.1, 0.15) is 0 Å². The summed E-state index contributed by atoms with van der Waals surface area (Å²) >= 11 is 0. The van der Waals surface area contributed by atoms with Crippen molar-refractivity contribution in [1.29, 1.82) is 0 Å². The third-order valence-electron chi connectivity index (χ3n) is 2.04. The molecule has 6 heteroatoms. The lowest BCUT2D eigenvalue weighted by Gasteiger charge is -2.30. The summed E-state index contributed by atoms with van der Waals surface area (Å²) in [5, 5.41) is 48.8. The van der Waals surface area contributed by atoms with Crippen LogP contribution >= 0.6 is 0 Å². The Hall–Kier alpha value is -0.240. The van der Waals surface area contributed by atoms with Crippen LogP contribution in [0.25, 0.3) is 0 Å². The van der Waals surface area contributed by atoms with Gasteiger partial charge >= 0.3 is 0 Å². The molecule has 0 amide bonds. The van der Waals surface area contributed by atoms with Gasteiger partial charge in [-0.3, -0.25) is 0 Å². The summed E-state index contributed by atoms with van der Waals surface area (Å²) in [5.41, 5.74) is -0.367. The van der Waals surface area contributed by atoms with Crippen molar-refractivity contribution in [3.63, 3.8) is 0 Å². The topological polar surface area (TPSA) is 121 Å².